The predicted octanol–water partition coefficient (Wildman–Crippen LogP) is 4.52. The van der Waals surface area contributed by atoms with E-state index in [2.05, 4.69) is 9.47 Å². The third kappa shape index (κ3) is 15.0. The van der Waals surface area contributed by atoms with E-state index in [0.29, 0.717) is 13.7 Å². The minimum atomic E-state index is -6.84. The van der Waals surface area contributed by atoms with Gasteiger partial charge in [0.25, 0.3) is 0 Å². The lowest BCUT2D eigenvalue weighted by Gasteiger charge is -2.34. The molecule has 1 atom stereocenters. The Morgan fingerprint density at radius 1 is 0.548 bits per heavy atom. The van der Waals surface area contributed by atoms with E-state index >= 15 is 0 Å². The standard InChI is InChI=1S/C28H49F10N3O15Si3.3CH4/c1-24(29,30)26(33,34)28(37,38)56-27(35,36)25(31,32)19-54-18-20(55-59(51-8,52-9)53-10)17-41-22(43)39(13-11-15-57(45-2,46-3)47-4)21(42)40(23(41)44)14-12-16-58(48-5,49-6)50-7;;;/h20H,11-19H2,1-10H3;3*1H4. The Hall–Kier alpha value is -2.12. The molecule has 31 heteroatoms. The SMILES string of the molecule is C.C.C.CO[Si](CCCn1c(=O)n(CCC[Si](OC)(OC)OC)c(=O)n(CC(COCC(F)(F)C(F)(F)OC(F)(F)C(F)(F)C(C)(F)F)O[Si](OC)(OC)OC)c1=O)(OC)OC. The maximum absolute atomic E-state index is 14.6. The summed E-state index contributed by atoms with van der Waals surface area (Å²) in [7, 11) is -0.179. The number of hydrogen-bond acceptors (Lipinski definition) is 15. The highest BCUT2D eigenvalue weighted by atomic mass is 28.4. The van der Waals surface area contributed by atoms with Crippen LogP contribution in [0, 0.1) is 0 Å². The third-order valence-electron chi connectivity index (χ3n) is 8.61. The van der Waals surface area contributed by atoms with Crippen LogP contribution in [-0.4, -0.2) is 154 Å². The number of halogens is 10. The van der Waals surface area contributed by atoms with Crippen LogP contribution in [-0.2, 0) is 73.4 Å². The van der Waals surface area contributed by atoms with Gasteiger partial charge in [-0.2, -0.15) is 43.9 Å². The lowest BCUT2D eigenvalue weighted by molar-refractivity contribution is -0.486. The number of nitrogens with zero attached hydrogens (tertiary/aromatic N) is 3. The van der Waals surface area contributed by atoms with Gasteiger partial charge in [0, 0.05) is 96.1 Å². The van der Waals surface area contributed by atoms with E-state index in [9.17, 15) is 58.3 Å². The van der Waals surface area contributed by atoms with E-state index in [1.54, 1.807) is 0 Å². The highest BCUT2D eigenvalue weighted by molar-refractivity contribution is 6.60. The molecule has 0 fully saturated rings. The number of alkyl halides is 10. The van der Waals surface area contributed by atoms with Gasteiger partial charge < -0.3 is 49.0 Å². The van der Waals surface area contributed by atoms with E-state index in [1.807, 2.05) is 0 Å². The van der Waals surface area contributed by atoms with Crippen molar-refractivity contribution in [2.45, 2.75) is 110 Å². The number of rotatable bonds is 30. The van der Waals surface area contributed by atoms with Gasteiger partial charge in [-0.3, -0.25) is 0 Å². The summed E-state index contributed by atoms with van der Waals surface area (Å²) < 4.78 is 200. The summed E-state index contributed by atoms with van der Waals surface area (Å²) >= 11 is 0. The maximum atomic E-state index is 14.6. The Morgan fingerprint density at radius 2 is 0.903 bits per heavy atom. The van der Waals surface area contributed by atoms with Crippen molar-refractivity contribution < 1.29 is 97.6 Å². The Kier molecular flexibility index (Phi) is 26.4. The van der Waals surface area contributed by atoms with Gasteiger partial charge in [0.15, 0.2) is 0 Å². The van der Waals surface area contributed by atoms with Gasteiger partial charge in [0.05, 0.1) is 19.3 Å². The van der Waals surface area contributed by atoms with E-state index in [4.69, 9.17) is 44.3 Å². The van der Waals surface area contributed by atoms with Gasteiger partial charge in [0.2, 0.25) is 0 Å². The van der Waals surface area contributed by atoms with Gasteiger partial charge in [0.1, 0.15) is 6.61 Å². The van der Waals surface area contributed by atoms with Crippen molar-refractivity contribution in [1.29, 1.82) is 0 Å². The zero-order chi connectivity index (χ0) is 45.9. The number of aromatic nitrogens is 3. The summed E-state index contributed by atoms with van der Waals surface area (Å²) in [4.78, 5) is 41.3. The first-order valence-corrected chi connectivity index (χ1v) is 22.4. The van der Waals surface area contributed by atoms with Gasteiger partial charge in [-0.15, -0.1) is 0 Å². The molecular formula is C31H61F10N3O15Si3. The summed E-state index contributed by atoms with van der Waals surface area (Å²) in [6, 6.07) is 0.0860. The molecule has 0 saturated heterocycles. The van der Waals surface area contributed by atoms with Gasteiger partial charge >= 0.3 is 73.7 Å². The number of ether oxygens (including phenoxy) is 2. The monoisotopic (exact) mass is 989 g/mol. The Morgan fingerprint density at radius 3 is 1.23 bits per heavy atom. The van der Waals surface area contributed by atoms with E-state index in [-0.39, 0.29) is 47.2 Å². The summed E-state index contributed by atoms with van der Waals surface area (Å²) in [6.45, 7) is -6.69. The summed E-state index contributed by atoms with van der Waals surface area (Å²) in [5, 5.41) is 0. The van der Waals surface area contributed by atoms with Crippen LogP contribution in [0.5, 0.6) is 0 Å². The summed E-state index contributed by atoms with van der Waals surface area (Å²) in [6.07, 6.45) is -15.4. The molecule has 372 valence electrons. The van der Waals surface area contributed by atoms with E-state index in [1.165, 1.54) is 42.7 Å². The molecule has 0 saturated carbocycles. The average molecular weight is 990 g/mol. The molecule has 1 aromatic heterocycles. The molecule has 1 unspecified atom stereocenters. The van der Waals surface area contributed by atoms with Crippen LogP contribution >= 0.6 is 0 Å². The van der Waals surface area contributed by atoms with E-state index in [0.717, 1.165) is 21.3 Å². The smallest absolute Gasteiger partial charge is 0.377 e. The normalized spacial score (nSPS) is 13.9. The second-order valence-electron chi connectivity index (χ2n) is 12.2. The first kappa shape index (κ1) is 64.2. The molecule has 1 aromatic rings. The number of hydrogen-bond donors (Lipinski definition) is 0. The van der Waals surface area contributed by atoms with Crippen molar-refractivity contribution in [2.75, 3.05) is 77.2 Å². The molecule has 0 bridgehead atoms. The average Bonchev–Trinajstić information content (AvgIpc) is 3.17. The van der Waals surface area contributed by atoms with Gasteiger partial charge in [-0.1, -0.05) is 22.3 Å². The largest absolute Gasteiger partial charge is 0.679 e. The first-order chi connectivity index (χ1) is 27.1. The zero-order valence-electron chi connectivity index (χ0n) is 33.7. The lowest BCUT2D eigenvalue weighted by Crippen LogP contribution is -2.59. The van der Waals surface area contributed by atoms with Crippen molar-refractivity contribution in [3.8, 4) is 0 Å². The molecule has 1 heterocycles. The van der Waals surface area contributed by atoms with Crippen molar-refractivity contribution in [3.63, 3.8) is 0 Å². The quantitative estimate of drug-likeness (QED) is 0.0777. The van der Waals surface area contributed by atoms with Crippen molar-refractivity contribution in [1.82, 2.24) is 13.7 Å². The van der Waals surface area contributed by atoms with Crippen LogP contribution in [0.25, 0.3) is 0 Å². The Bertz CT molecular complexity index is 1560. The topological polar surface area (TPSA) is 177 Å². The van der Waals surface area contributed by atoms with Crippen molar-refractivity contribution in [2.24, 2.45) is 0 Å². The maximum Gasteiger partial charge on any atom is 0.679 e. The van der Waals surface area contributed by atoms with Crippen molar-refractivity contribution in [3.05, 3.63) is 31.5 Å². The Labute approximate surface area is 356 Å². The molecule has 0 amide bonds. The van der Waals surface area contributed by atoms with Crippen molar-refractivity contribution >= 4 is 26.7 Å². The molecule has 1 rings (SSSR count). The molecule has 0 aliphatic rings. The predicted molar refractivity (Wildman–Crippen MR) is 206 cm³/mol. The highest BCUT2D eigenvalue weighted by Gasteiger charge is 2.75. The van der Waals surface area contributed by atoms with Crippen LogP contribution < -0.4 is 17.1 Å². The molecule has 0 radical (unpaired) electrons. The molecule has 0 spiro atoms. The van der Waals surface area contributed by atoms with Gasteiger partial charge in [-0.05, 0) is 12.8 Å². The van der Waals surface area contributed by atoms with Crippen LogP contribution in [0.15, 0.2) is 14.4 Å². The second-order valence-corrected chi connectivity index (χ2v) is 20.9. The van der Waals surface area contributed by atoms with Crippen LogP contribution in [0.1, 0.15) is 42.0 Å². The zero-order valence-corrected chi connectivity index (χ0v) is 36.7. The fraction of sp³-hybridized carbons (Fsp3) is 0.903. The molecule has 0 aliphatic heterocycles. The fourth-order valence-electron chi connectivity index (χ4n) is 5.13. The summed E-state index contributed by atoms with van der Waals surface area (Å²) in [5.74, 6) is -18.3. The van der Waals surface area contributed by atoms with E-state index < -0.39 is 120 Å². The highest BCUT2D eigenvalue weighted by Crippen LogP contribution is 2.50. The van der Waals surface area contributed by atoms with Crippen LogP contribution in [0.2, 0.25) is 12.1 Å². The van der Waals surface area contributed by atoms with Crippen LogP contribution in [0.3, 0.4) is 0 Å². The second kappa shape index (κ2) is 25.5. The minimum Gasteiger partial charge on any atom is -0.377 e. The molecule has 0 N–H and O–H groups in total. The molecule has 62 heavy (non-hydrogen) atoms. The molecule has 0 aliphatic carbocycles. The lowest BCUT2D eigenvalue weighted by atomic mass is 10.2. The fourth-order valence-corrected chi connectivity index (χ4v) is 9.87. The Balaban J connectivity index is -0.0000116. The third-order valence-corrected chi connectivity index (χ3v) is 16.4. The van der Waals surface area contributed by atoms with Crippen LogP contribution in [0.4, 0.5) is 43.9 Å². The molecular weight excluding hydrogens is 929 g/mol. The minimum absolute atomic E-state index is 0. The first-order valence-electron chi connectivity index (χ1n) is 16.9. The summed E-state index contributed by atoms with van der Waals surface area (Å²) in [5.41, 5.74) is -3.76. The van der Waals surface area contributed by atoms with Gasteiger partial charge in [-0.25, -0.2) is 32.8 Å². The molecule has 18 nitrogen and oxygen atoms in total. The molecule has 0 aromatic carbocycles.